The van der Waals surface area contributed by atoms with Crippen molar-refractivity contribution in [3.8, 4) is 5.75 Å². The second-order valence-electron chi connectivity index (χ2n) is 4.51. The molecule has 0 aromatic heterocycles. The van der Waals surface area contributed by atoms with Crippen molar-refractivity contribution in [2.75, 3.05) is 6.61 Å². The maximum atomic E-state index is 13.3. The van der Waals surface area contributed by atoms with Gasteiger partial charge in [0.15, 0.2) is 0 Å². The summed E-state index contributed by atoms with van der Waals surface area (Å²) in [6.45, 7) is 4.61. The average Bonchev–Trinajstić information content (AvgIpc) is 2.43. The quantitative estimate of drug-likeness (QED) is 0.590. The molecular weight excluding hydrogens is 387 g/mol. The van der Waals surface area contributed by atoms with Crippen molar-refractivity contribution in [2.24, 2.45) is 0 Å². The van der Waals surface area contributed by atoms with Crippen LogP contribution in [0, 0.1) is 12.7 Å². The maximum Gasteiger partial charge on any atom is 0.137 e. The van der Waals surface area contributed by atoms with Crippen molar-refractivity contribution >= 4 is 31.9 Å². The van der Waals surface area contributed by atoms with Crippen LogP contribution in [0.5, 0.6) is 5.75 Å². The normalized spacial score (nSPS) is 12.2. The fraction of sp³-hybridized carbons (Fsp3) is 0.250. The van der Waals surface area contributed by atoms with E-state index in [1.54, 1.807) is 12.1 Å². The predicted octanol–water partition coefficient (Wildman–Crippen LogP) is 5.78. The zero-order valence-electron chi connectivity index (χ0n) is 11.3. The largest absolute Gasteiger partial charge is 0.494 e. The van der Waals surface area contributed by atoms with Crippen LogP contribution in [0.3, 0.4) is 0 Å². The van der Waals surface area contributed by atoms with Crippen LogP contribution in [0.1, 0.15) is 28.4 Å². The number of halogens is 3. The van der Waals surface area contributed by atoms with Crippen LogP contribution in [0.4, 0.5) is 4.39 Å². The molecule has 0 aliphatic heterocycles. The Morgan fingerprint density at radius 1 is 1.20 bits per heavy atom. The lowest BCUT2D eigenvalue weighted by molar-refractivity contribution is 0.337. The molecule has 0 fully saturated rings. The Balaban J connectivity index is 2.43. The van der Waals surface area contributed by atoms with Crippen LogP contribution in [0.15, 0.2) is 40.9 Å². The summed E-state index contributed by atoms with van der Waals surface area (Å²) in [5.41, 5.74) is 3.18. The summed E-state index contributed by atoms with van der Waals surface area (Å²) in [6, 6.07) is 11.1. The van der Waals surface area contributed by atoms with Gasteiger partial charge in [0.1, 0.15) is 11.6 Å². The molecular formula is C16H15Br2FO. The van der Waals surface area contributed by atoms with Crippen molar-refractivity contribution in [1.82, 2.24) is 0 Å². The maximum absolute atomic E-state index is 13.3. The Morgan fingerprint density at radius 2 is 1.95 bits per heavy atom. The van der Waals surface area contributed by atoms with E-state index < -0.39 is 0 Å². The second kappa shape index (κ2) is 6.72. The molecule has 1 atom stereocenters. The molecule has 4 heteroatoms. The zero-order chi connectivity index (χ0) is 14.7. The molecule has 1 unspecified atom stereocenters. The van der Waals surface area contributed by atoms with Gasteiger partial charge < -0.3 is 4.74 Å². The molecule has 2 rings (SSSR count). The minimum atomic E-state index is -0.261. The minimum Gasteiger partial charge on any atom is -0.494 e. The Hall–Kier alpha value is -0.870. The van der Waals surface area contributed by atoms with Gasteiger partial charge in [0, 0.05) is 5.56 Å². The first-order chi connectivity index (χ1) is 9.52. The third-order valence-electron chi connectivity index (χ3n) is 2.97. The number of aryl methyl sites for hydroxylation is 1. The number of ether oxygens (including phenoxy) is 1. The van der Waals surface area contributed by atoms with Gasteiger partial charge in [-0.15, -0.1) is 0 Å². The van der Waals surface area contributed by atoms with Crippen molar-refractivity contribution in [1.29, 1.82) is 0 Å². The van der Waals surface area contributed by atoms with E-state index in [1.165, 1.54) is 6.07 Å². The van der Waals surface area contributed by atoms with Crippen LogP contribution >= 0.6 is 31.9 Å². The van der Waals surface area contributed by atoms with Gasteiger partial charge in [-0.1, -0.05) is 39.7 Å². The average molecular weight is 402 g/mol. The lowest BCUT2D eigenvalue weighted by Crippen LogP contribution is -2.01. The number of rotatable bonds is 4. The Bertz CT molecular complexity index is 613. The first-order valence-electron chi connectivity index (χ1n) is 6.35. The van der Waals surface area contributed by atoms with E-state index >= 15 is 0 Å². The zero-order valence-corrected chi connectivity index (χ0v) is 14.5. The van der Waals surface area contributed by atoms with E-state index in [0.717, 1.165) is 22.4 Å². The van der Waals surface area contributed by atoms with Gasteiger partial charge in [-0.05, 0) is 53.5 Å². The SMILES string of the molecule is CCOc1ccc(C)cc1C(Br)c1ccc(F)c(Br)c1. The molecule has 0 N–H and O–H groups in total. The van der Waals surface area contributed by atoms with Gasteiger partial charge in [0.25, 0.3) is 0 Å². The summed E-state index contributed by atoms with van der Waals surface area (Å²) in [6.07, 6.45) is 0. The third kappa shape index (κ3) is 3.41. The molecule has 0 amide bonds. The number of benzene rings is 2. The van der Waals surface area contributed by atoms with Crippen LogP contribution < -0.4 is 4.74 Å². The summed E-state index contributed by atoms with van der Waals surface area (Å²) in [5, 5.41) is 0. The minimum absolute atomic E-state index is 0.0409. The van der Waals surface area contributed by atoms with Crippen molar-refractivity contribution < 1.29 is 9.13 Å². The smallest absolute Gasteiger partial charge is 0.137 e. The molecule has 0 saturated heterocycles. The molecule has 106 valence electrons. The highest BCUT2D eigenvalue weighted by Gasteiger charge is 2.17. The first-order valence-corrected chi connectivity index (χ1v) is 8.06. The molecule has 0 spiro atoms. The highest BCUT2D eigenvalue weighted by Crippen LogP contribution is 2.38. The molecule has 1 nitrogen and oxygen atoms in total. The molecule has 0 bridgehead atoms. The summed E-state index contributed by atoms with van der Waals surface area (Å²) in [5.74, 6) is 0.586. The summed E-state index contributed by atoms with van der Waals surface area (Å²) >= 11 is 6.91. The number of hydrogen-bond acceptors (Lipinski definition) is 1. The van der Waals surface area contributed by atoms with Crippen molar-refractivity contribution in [2.45, 2.75) is 18.7 Å². The number of hydrogen-bond donors (Lipinski definition) is 0. The van der Waals surface area contributed by atoms with Crippen molar-refractivity contribution in [3.63, 3.8) is 0 Å². The fourth-order valence-corrected chi connectivity index (χ4v) is 3.04. The van der Waals surface area contributed by atoms with Gasteiger partial charge in [-0.25, -0.2) is 4.39 Å². The highest BCUT2D eigenvalue weighted by atomic mass is 79.9. The monoisotopic (exact) mass is 400 g/mol. The molecule has 2 aromatic rings. The van der Waals surface area contributed by atoms with Crippen LogP contribution in [0.2, 0.25) is 0 Å². The van der Waals surface area contributed by atoms with Crippen molar-refractivity contribution in [3.05, 3.63) is 63.4 Å². The molecule has 0 radical (unpaired) electrons. The first kappa shape index (κ1) is 15.5. The van der Waals surface area contributed by atoms with Gasteiger partial charge in [-0.2, -0.15) is 0 Å². The second-order valence-corrected chi connectivity index (χ2v) is 6.28. The van der Waals surface area contributed by atoms with Crippen LogP contribution in [0.25, 0.3) is 0 Å². The van der Waals surface area contributed by atoms with E-state index in [0.29, 0.717) is 11.1 Å². The van der Waals surface area contributed by atoms with E-state index in [1.807, 2.05) is 26.0 Å². The van der Waals surface area contributed by atoms with Gasteiger partial charge >= 0.3 is 0 Å². The van der Waals surface area contributed by atoms with Crippen LogP contribution in [-0.4, -0.2) is 6.61 Å². The standard InChI is InChI=1S/C16H15Br2FO/c1-3-20-15-7-4-10(2)8-12(15)16(18)11-5-6-14(19)13(17)9-11/h4-9,16H,3H2,1-2H3. The summed E-state index contributed by atoms with van der Waals surface area (Å²) in [4.78, 5) is -0.0409. The molecule has 0 aliphatic rings. The molecule has 2 aromatic carbocycles. The Kier molecular flexibility index (Phi) is 5.22. The van der Waals surface area contributed by atoms with E-state index in [2.05, 4.69) is 37.9 Å². The summed E-state index contributed by atoms with van der Waals surface area (Å²) < 4.78 is 19.5. The van der Waals surface area contributed by atoms with Crippen LogP contribution in [-0.2, 0) is 0 Å². The molecule has 20 heavy (non-hydrogen) atoms. The lowest BCUT2D eigenvalue weighted by Gasteiger charge is -2.17. The summed E-state index contributed by atoms with van der Waals surface area (Å²) in [7, 11) is 0. The Morgan fingerprint density at radius 3 is 2.60 bits per heavy atom. The molecule has 0 heterocycles. The third-order valence-corrected chi connectivity index (χ3v) is 4.60. The molecule has 0 aliphatic carbocycles. The van der Waals surface area contributed by atoms with E-state index in [9.17, 15) is 4.39 Å². The fourth-order valence-electron chi connectivity index (χ4n) is 2.00. The number of alkyl halides is 1. The lowest BCUT2D eigenvalue weighted by atomic mass is 10.0. The topological polar surface area (TPSA) is 9.23 Å². The predicted molar refractivity (Wildman–Crippen MR) is 87.2 cm³/mol. The van der Waals surface area contributed by atoms with E-state index in [-0.39, 0.29) is 10.6 Å². The Labute approximate surface area is 135 Å². The highest BCUT2D eigenvalue weighted by molar-refractivity contribution is 9.10. The van der Waals surface area contributed by atoms with Gasteiger partial charge in [0.05, 0.1) is 15.9 Å². The molecule has 0 saturated carbocycles. The van der Waals surface area contributed by atoms with E-state index in [4.69, 9.17) is 4.74 Å². The van der Waals surface area contributed by atoms with Gasteiger partial charge in [0.2, 0.25) is 0 Å². The van der Waals surface area contributed by atoms with Gasteiger partial charge in [-0.3, -0.25) is 0 Å².